The number of ether oxygens (including phenoxy) is 1. The fourth-order valence-corrected chi connectivity index (χ4v) is 1.71. The van der Waals surface area contributed by atoms with E-state index in [1.165, 1.54) is 18.2 Å². The second-order valence-electron chi connectivity index (χ2n) is 4.24. The lowest BCUT2D eigenvalue weighted by molar-refractivity contribution is 0.379. The zero-order valence-corrected chi connectivity index (χ0v) is 12.0. The van der Waals surface area contributed by atoms with Crippen molar-refractivity contribution in [2.75, 3.05) is 24.8 Å². The minimum Gasteiger partial charge on any atom is -0.467 e. The van der Waals surface area contributed by atoms with Crippen molar-refractivity contribution < 1.29 is 4.74 Å². The number of benzene rings is 1. The first kappa shape index (κ1) is 14.0. The lowest BCUT2D eigenvalue weighted by atomic mass is 10.1. The van der Waals surface area contributed by atoms with E-state index >= 15 is 0 Å². The van der Waals surface area contributed by atoms with Crippen molar-refractivity contribution in [1.29, 1.82) is 0 Å². The van der Waals surface area contributed by atoms with E-state index in [-0.39, 0.29) is 6.01 Å². The highest BCUT2D eigenvalue weighted by molar-refractivity contribution is 5.36. The van der Waals surface area contributed by atoms with Crippen molar-refractivity contribution in [1.82, 2.24) is 15.0 Å². The number of aryl methyl sites for hydroxylation is 1. The van der Waals surface area contributed by atoms with Crippen LogP contribution in [0.2, 0.25) is 0 Å². The highest BCUT2D eigenvalue weighted by Gasteiger charge is 2.05. The third kappa shape index (κ3) is 3.57. The molecule has 0 radical (unpaired) electrons. The number of anilines is 2. The second-order valence-corrected chi connectivity index (χ2v) is 4.24. The maximum Gasteiger partial charge on any atom is 0.322 e. The Kier molecular flexibility index (Phi) is 4.70. The molecule has 1 aromatic heterocycles. The topological polar surface area (TPSA) is 72.0 Å². The predicted octanol–water partition coefficient (Wildman–Crippen LogP) is 2.10. The molecule has 0 atom stereocenters. The van der Waals surface area contributed by atoms with Crippen molar-refractivity contribution in [2.24, 2.45) is 0 Å². The van der Waals surface area contributed by atoms with Gasteiger partial charge in [-0.1, -0.05) is 31.2 Å². The maximum absolute atomic E-state index is 5.04. The van der Waals surface area contributed by atoms with Crippen LogP contribution in [0, 0.1) is 0 Å². The van der Waals surface area contributed by atoms with Gasteiger partial charge in [-0.15, -0.1) is 0 Å². The van der Waals surface area contributed by atoms with Crippen molar-refractivity contribution in [2.45, 2.75) is 19.9 Å². The maximum atomic E-state index is 5.04. The van der Waals surface area contributed by atoms with Gasteiger partial charge in [0.1, 0.15) is 0 Å². The monoisotopic (exact) mass is 273 g/mol. The first-order valence-electron chi connectivity index (χ1n) is 6.54. The van der Waals surface area contributed by atoms with Crippen LogP contribution in [-0.2, 0) is 13.0 Å². The lowest BCUT2D eigenvalue weighted by Gasteiger charge is -2.08. The highest BCUT2D eigenvalue weighted by atomic mass is 16.5. The lowest BCUT2D eigenvalue weighted by Crippen LogP contribution is -2.08. The van der Waals surface area contributed by atoms with E-state index in [9.17, 15) is 0 Å². The Balaban J connectivity index is 2.05. The second kappa shape index (κ2) is 6.70. The molecule has 0 amide bonds. The molecular formula is C14H19N5O. The molecule has 1 heterocycles. The van der Waals surface area contributed by atoms with Gasteiger partial charge in [0.2, 0.25) is 11.9 Å². The van der Waals surface area contributed by atoms with Crippen LogP contribution in [-0.4, -0.2) is 29.1 Å². The highest BCUT2D eigenvalue weighted by Crippen LogP contribution is 2.12. The van der Waals surface area contributed by atoms with Crippen LogP contribution < -0.4 is 15.4 Å². The Morgan fingerprint density at radius 3 is 2.25 bits per heavy atom. The number of hydrogen-bond donors (Lipinski definition) is 2. The van der Waals surface area contributed by atoms with E-state index in [4.69, 9.17) is 4.74 Å². The number of methoxy groups -OCH3 is 1. The van der Waals surface area contributed by atoms with Crippen LogP contribution >= 0.6 is 0 Å². The number of hydrogen-bond acceptors (Lipinski definition) is 6. The molecular weight excluding hydrogens is 254 g/mol. The van der Waals surface area contributed by atoms with Crippen molar-refractivity contribution in [3.8, 4) is 6.01 Å². The smallest absolute Gasteiger partial charge is 0.322 e. The molecule has 0 bridgehead atoms. The van der Waals surface area contributed by atoms with Gasteiger partial charge in [-0.05, 0) is 17.5 Å². The summed E-state index contributed by atoms with van der Waals surface area (Å²) in [5.41, 5.74) is 2.50. The van der Waals surface area contributed by atoms with Crippen LogP contribution in [0.1, 0.15) is 18.1 Å². The van der Waals surface area contributed by atoms with Gasteiger partial charge in [0, 0.05) is 13.6 Å². The summed E-state index contributed by atoms with van der Waals surface area (Å²) in [7, 11) is 3.28. The molecule has 6 nitrogen and oxygen atoms in total. The Morgan fingerprint density at radius 1 is 1.00 bits per heavy atom. The van der Waals surface area contributed by atoms with Crippen LogP contribution in [0.25, 0.3) is 0 Å². The Labute approximate surface area is 118 Å². The molecule has 2 rings (SSSR count). The third-order valence-electron chi connectivity index (χ3n) is 2.90. The molecule has 0 spiro atoms. The summed E-state index contributed by atoms with van der Waals surface area (Å²) in [6, 6.07) is 8.74. The molecule has 106 valence electrons. The molecule has 20 heavy (non-hydrogen) atoms. The molecule has 0 fully saturated rings. The summed E-state index contributed by atoms with van der Waals surface area (Å²) in [5, 5.41) is 6.04. The Hall–Kier alpha value is -2.37. The van der Waals surface area contributed by atoms with Gasteiger partial charge >= 0.3 is 6.01 Å². The predicted molar refractivity (Wildman–Crippen MR) is 79.1 cm³/mol. The molecule has 0 saturated heterocycles. The fraction of sp³-hybridized carbons (Fsp3) is 0.357. The normalized spacial score (nSPS) is 10.2. The average molecular weight is 273 g/mol. The van der Waals surface area contributed by atoms with E-state index in [1.807, 2.05) is 0 Å². The van der Waals surface area contributed by atoms with E-state index in [2.05, 4.69) is 56.8 Å². The van der Waals surface area contributed by atoms with Crippen LogP contribution in [0.15, 0.2) is 24.3 Å². The van der Waals surface area contributed by atoms with Crippen LogP contribution in [0.4, 0.5) is 11.9 Å². The van der Waals surface area contributed by atoms with Crippen molar-refractivity contribution in [3.05, 3.63) is 35.4 Å². The molecule has 0 saturated carbocycles. The summed E-state index contributed by atoms with van der Waals surface area (Å²) in [4.78, 5) is 12.4. The van der Waals surface area contributed by atoms with Gasteiger partial charge in [-0.25, -0.2) is 0 Å². The summed E-state index contributed by atoms with van der Waals surface area (Å²) in [5.74, 6) is 0.960. The van der Waals surface area contributed by atoms with E-state index < -0.39 is 0 Å². The summed E-state index contributed by atoms with van der Waals surface area (Å²) < 4.78 is 5.04. The number of nitrogens with zero attached hydrogens (tertiary/aromatic N) is 3. The van der Waals surface area contributed by atoms with E-state index in [1.54, 1.807) is 7.05 Å². The summed E-state index contributed by atoms with van der Waals surface area (Å²) >= 11 is 0. The quantitative estimate of drug-likeness (QED) is 0.839. The first-order chi connectivity index (χ1) is 9.75. The largest absolute Gasteiger partial charge is 0.467 e. The van der Waals surface area contributed by atoms with Gasteiger partial charge in [0.05, 0.1) is 7.11 Å². The molecule has 0 aliphatic heterocycles. The van der Waals surface area contributed by atoms with Crippen molar-refractivity contribution >= 4 is 11.9 Å². The first-order valence-corrected chi connectivity index (χ1v) is 6.54. The van der Waals surface area contributed by atoms with Gasteiger partial charge < -0.3 is 15.4 Å². The number of rotatable bonds is 6. The SMILES string of the molecule is CCc1ccc(CNc2nc(NC)nc(OC)n2)cc1. The fourth-order valence-electron chi connectivity index (χ4n) is 1.71. The summed E-state index contributed by atoms with van der Waals surface area (Å²) in [6.45, 7) is 2.80. The number of nitrogens with one attached hydrogen (secondary N) is 2. The zero-order valence-electron chi connectivity index (χ0n) is 12.0. The van der Waals surface area contributed by atoms with E-state index in [0.717, 1.165) is 6.42 Å². The molecule has 1 aromatic carbocycles. The third-order valence-corrected chi connectivity index (χ3v) is 2.90. The average Bonchev–Trinajstić information content (AvgIpc) is 2.53. The summed E-state index contributed by atoms with van der Waals surface area (Å²) in [6.07, 6.45) is 1.05. The van der Waals surface area contributed by atoms with E-state index in [0.29, 0.717) is 18.4 Å². The molecule has 0 aliphatic carbocycles. The van der Waals surface area contributed by atoms with Gasteiger partial charge in [0.25, 0.3) is 0 Å². The zero-order chi connectivity index (χ0) is 14.4. The molecule has 0 unspecified atom stereocenters. The minimum absolute atomic E-state index is 0.285. The Bertz CT molecular complexity index is 534. The molecule has 6 heteroatoms. The van der Waals surface area contributed by atoms with Crippen LogP contribution in [0.5, 0.6) is 6.01 Å². The molecule has 2 N–H and O–H groups in total. The van der Waals surface area contributed by atoms with Crippen molar-refractivity contribution in [3.63, 3.8) is 0 Å². The minimum atomic E-state index is 0.285. The van der Waals surface area contributed by atoms with Gasteiger partial charge in [-0.2, -0.15) is 15.0 Å². The Morgan fingerprint density at radius 2 is 1.65 bits per heavy atom. The molecule has 0 aliphatic rings. The van der Waals surface area contributed by atoms with Gasteiger partial charge in [0.15, 0.2) is 0 Å². The van der Waals surface area contributed by atoms with Crippen LogP contribution in [0.3, 0.4) is 0 Å². The standard InChI is InChI=1S/C14H19N5O/c1-4-10-5-7-11(8-6-10)9-16-13-17-12(15-2)18-14(19-13)20-3/h5-8H,4,9H2,1-3H3,(H2,15,16,17,18,19). The molecule has 2 aromatic rings. The van der Waals surface area contributed by atoms with Gasteiger partial charge in [-0.3, -0.25) is 0 Å². The number of aromatic nitrogens is 3.